The molecule has 1 amide bonds. The van der Waals surface area contributed by atoms with E-state index in [1.165, 1.54) is 18.0 Å². The maximum absolute atomic E-state index is 12.8. The molecule has 7 nitrogen and oxygen atoms in total. The molecule has 3 rings (SSSR count). The van der Waals surface area contributed by atoms with Gasteiger partial charge in [-0.15, -0.1) is 11.8 Å². The van der Waals surface area contributed by atoms with E-state index < -0.39 is 17.7 Å². The number of nitrogens with one attached hydrogen (secondary N) is 1. The lowest BCUT2D eigenvalue weighted by molar-refractivity contribution is 0.0507. The van der Waals surface area contributed by atoms with Gasteiger partial charge in [0.25, 0.3) is 0 Å². The summed E-state index contributed by atoms with van der Waals surface area (Å²) in [6.45, 7) is 15.8. The van der Waals surface area contributed by atoms with Crippen molar-refractivity contribution in [2.75, 3.05) is 0 Å². The van der Waals surface area contributed by atoms with Gasteiger partial charge in [0.2, 0.25) is 0 Å². The van der Waals surface area contributed by atoms with Crippen molar-refractivity contribution < 1.29 is 19.4 Å². The number of rotatable bonds is 9. The summed E-state index contributed by atoms with van der Waals surface area (Å²) in [7, 11) is 0. The molecule has 0 aliphatic rings. The van der Waals surface area contributed by atoms with Crippen molar-refractivity contribution in [3.63, 3.8) is 0 Å². The number of carboxylic acids is 1. The molecule has 1 unspecified atom stereocenters. The lowest BCUT2D eigenvalue weighted by Gasteiger charge is -2.27. The number of aromatic carboxylic acids is 1. The monoisotopic (exact) mass is 549 g/mol. The fourth-order valence-electron chi connectivity index (χ4n) is 4.43. The van der Waals surface area contributed by atoms with Crippen LogP contribution in [0.3, 0.4) is 0 Å². The standard InChI is InChI=1S/C31H39N3O4S/c1-18(2)16-24-26(21(5)34-30(37)38-31(6,7)8)27(22-13-11-19(3)12-14-22)23(20(4)33-24)17-39-25-10-9-15-32-28(25)29(35)36/h9-15,18,21H,16-17H2,1-8H3,(H,34,37)(H,35,36). The third-order valence-corrected chi connectivity index (χ3v) is 7.15. The first-order chi connectivity index (χ1) is 18.3. The van der Waals surface area contributed by atoms with Crippen LogP contribution in [0.4, 0.5) is 4.79 Å². The Labute approximate surface area is 235 Å². The molecular weight excluding hydrogens is 510 g/mol. The minimum absolute atomic E-state index is 0.0293. The lowest BCUT2D eigenvalue weighted by Crippen LogP contribution is -2.34. The lowest BCUT2D eigenvalue weighted by atomic mass is 9.87. The van der Waals surface area contributed by atoms with Crippen LogP contribution in [0.15, 0.2) is 47.5 Å². The third kappa shape index (κ3) is 8.05. The number of hydrogen-bond donors (Lipinski definition) is 2. The van der Waals surface area contributed by atoms with Gasteiger partial charge in [0.05, 0.1) is 6.04 Å². The van der Waals surface area contributed by atoms with Crippen molar-refractivity contribution in [3.05, 3.63) is 76.4 Å². The number of benzene rings is 1. The van der Waals surface area contributed by atoms with Crippen LogP contribution in [0, 0.1) is 19.8 Å². The van der Waals surface area contributed by atoms with Crippen molar-refractivity contribution in [1.29, 1.82) is 0 Å². The van der Waals surface area contributed by atoms with Crippen LogP contribution in [0.2, 0.25) is 0 Å². The molecule has 3 aromatic rings. The highest BCUT2D eigenvalue weighted by Crippen LogP contribution is 2.39. The van der Waals surface area contributed by atoms with Crippen molar-refractivity contribution in [2.24, 2.45) is 5.92 Å². The Balaban J connectivity index is 2.19. The minimum atomic E-state index is -1.06. The molecule has 0 saturated carbocycles. The topological polar surface area (TPSA) is 101 Å². The number of aromatic nitrogens is 2. The van der Waals surface area contributed by atoms with Crippen LogP contribution >= 0.6 is 11.8 Å². The van der Waals surface area contributed by atoms with Crippen molar-refractivity contribution in [1.82, 2.24) is 15.3 Å². The van der Waals surface area contributed by atoms with Crippen molar-refractivity contribution in [3.8, 4) is 11.1 Å². The molecule has 0 fully saturated rings. The molecule has 2 N–H and O–H groups in total. The zero-order valence-electron chi connectivity index (χ0n) is 24.1. The van der Waals surface area contributed by atoms with Gasteiger partial charge >= 0.3 is 12.1 Å². The SMILES string of the molecule is Cc1ccc(-c2c(CSc3cccnc3C(=O)O)c(C)nc(CC(C)C)c2C(C)NC(=O)OC(C)(C)C)cc1. The third-order valence-electron chi connectivity index (χ3n) is 6.07. The largest absolute Gasteiger partial charge is 0.476 e. The van der Waals surface area contributed by atoms with Crippen LogP contribution in [-0.2, 0) is 16.9 Å². The summed E-state index contributed by atoms with van der Waals surface area (Å²) in [4.78, 5) is 34.3. The number of nitrogens with zero attached hydrogens (tertiary/aromatic N) is 2. The summed E-state index contributed by atoms with van der Waals surface area (Å²) < 4.78 is 5.57. The van der Waals surface area contributed by atoms with Crippen LogP contribution in [0.1, 0.15) is 86.2 Å². The van der Waals surface area contributed by atoms with Crippen LogP contribution in [-0.4, -0.2) is 32.7 Å². The molecule has 0 saturated heterocycles. The first-order valence-electron chi connectivity index (χ1n) is 13.2. The zero-order valence-corrected chi connectivity index (χ0v) is 24.9. The number of carbonyl (C=O) groups excluding carboxylic acids is 1. The van der Waals surface area contributed by atoms with Crippen LogP contribution in [0.5, 0.6) is 0 Å². The number of hydrogen-bond acceptors (Lipinski definition) is 6. The van der Waals surface area contributed by atoms with Gasteiger partial charge in [-0.25, -0.2) is 14.6 Å². The van der Waals surface area contributed by atoms with Gasteiger partial charge in [0.15, 0.2) is 5.69 Å². The Bertz CT molecular complexity index is 1330. The van der Waals surface area contributed by atoms with E-state index in [0.717, 1.165) is 45.6 Å². The summed E-state index contributed by atoms with van der Waals surface area (Å²) in [6, 6.07) is 11.5. The maximum Gasteiger partial charge on any atom is 0.408 e. The summed E-state index contributed by atoms with van der Waals surface area (Å²) in [6.07, 6.45) is 1.74. The van der Waals surface area contributed by atoms with Gasteiger partial charge in [-0.2, -0.15) is 0 Å². The molecule has 39 heavy (non-hydrogen) atoms. The van der Waals surface area contributed by atoms with E-state index in [-0.39, 0.29) is 11.7 Å². The van der Waals surface area contributed by atoms with Gasteiger partial charge in [-0.3, -0.25) is 4.98 Å². The second kappa shape index (κ2) is 12.6. The molecule has 0 spiro atoms. The molecule has 208 valence electrons. The highest BCUT2D eigenvalue weighted by Gasteiger charge is 2.27. The van der Waals surface area contributed by atoms with E-state index in [1.54, 1.807) is 12.1 Å². The van der Waals surface area contributed by atoms with E-state index in [2.05, 4.69) is 48.4 Å². The Hall–Kier alpha value is -3.39. The van der Waals surface area contributed by atoms with Crippen molar-refractivity contribution in [2.45, 2.75) is 84.1 Å². The predicted molar refractivity (Wildman–Crippen MR) is 156 cm³/mol. The highest BCUT2D eigenvalue weighted by molar-refractivity contribution is 7.98. The quantitative estimate of drug-likeness (QED) is 0.266. The number of pyridine rings is 2. The molecule has 0 aliphatic heterocycles. The van der Waals surface area contributed by atoms with Crippen LogP contribution in [0.25, 0.3) is 11.1 Å². The Morgan fingerprint density at radius 2 is 1.74 bits per heavy atom. The molecule has 2 aromatic heterocycles. The summed E-state index contributed by atoms with van der Waals surface area (Å²) in [5.74, 6) is -0.221. The fraction of sp³-hybridized carbons (Fsp3) is 0.419. The van der Waals surface area contributed by atoms with E-state index in [1.807, 2.05) is 41.5 Å². The number of amides is 1. The highest BCUT2D eigenvalue weighted by atomic mass is 32.2. The molecule has 8 heteroatoms. The number of aryl methyl sites for hydroxylation is 2. The Morgan fingerprint density at radius 3 is 2.33 bits per heavy atom. The van der Waals surface area contributed by atoms with E-state index >= 15 is 0 Å². The van der Waals surface area contributed by atoms with E-state index in [0.29, 0.717) is 16.6 Å². The average Bonchev–Trinajstić information content (AvgIpc) is 2.82. The Morgan fingerprint density at radius 1 is 1.08 bits per heavy atom. The molecule has 2 heterocycles. The van der Waals surface area contributed by atoms with E-state index in [4.69, 9.17) is 9.72 Å². The van der Waals surface area contributed by atoms with Gasteiger partial charge in [0, 0.05) is 33.8 Å². The van der Waals surface area contributed by atoms with E-state index in [9.17, 15) is 14.7 Å². The summed E-state index contributed by atoms with van der Waals surface area (Å²) >= 11 is 1.42. The van der Waals surface area contributed by atoms with Crippen molar-refractivity contribution >= 4 is 23.8 Å². The second-order valence-corrected chi connectivity index (χ2v) is 12.2. The number of thioether (sulfide) groups is 1. The predicted octanol–water partition coefficient (Wildman–Crippen LogP) is 7.54. The molecule has 0 bridgehead atoms. The van der Waals surface area contributed by atoms with Gasteiger partial charge in [-0.1, -0.05) is 43.7 Å². The first kappa shape index (κ1) is 30.2. The molecule has 1 atom stereocenters. The summed E-state index contributed by atoms with van der Waals surface area (Å²) in [5.41, 5.74) is 6.33. The number of carbonyl (C=O) groups is 2. The molecule has 0 aliphatic carbocycles. The maximum atomic E-state index is 12.8. The van der Waals surface area contributed by atoms with Gasteiger partial charge in [-0.05, 0) is 82.7 Å². The molecule has 0 radical (unpaired) electrons. The summed E-state index contributed by atoms with van der Waals surface area (Å²) in [5, 5.41) is 12.7. The number of alkyl carbamates (subject to hydrolysis) is 1. The minimum Gasteiger partial charge on any atom is -0.476 e. The average molecular weight is 550 g/mol. The smallest absolute Gasteiger partial charge is 0.408 e. The normalized spacial score (nSPS) is 12.3. The van der Waals surface area contributed by atoms with Crippen LogP contribution < -0.4 is 5.32 Å². The molecular formula is C31H39N3O4S. The second-order valence-electron chi connectivity index (χ2n) is 11.2. The fourth-order valence-corrected chi connectivity index (χ4v) is 5.53. The number of ether oxygens (including phenoxy) is 1. The van der Waals surface area contributed by atoms with Gasteiger partial charge < -0.3 is 15.2 Å². The number of carboxylic acid groups (broad SMARTS) is 1. The molecule has 1 aromatic carbocycles. The zero-order chi connectivity index (χ0) is 28.9. The first-order valence-corrected chi connectivity index (χ1v) is 14.1. The Kier molecular flexibility index (Phi) is 9.78. The van der Waals surface area contributed by atoms with Gasteiger partial charge in [0.1, 0.15) is 5.60 Å².